The van der Waals surface area contributed by atoms with Crippen molar-refractivity contribution >= 4 is 13.4 Å². The van der Waals surface area contributed by atoms with Crippen molar-refractivity contribution in [2.75, 3.05) is 12.3 Å². The quantitative estimate of drug-likeness (QED) is 0.640. The highest BCUT2D eigenvalue weighted by atomic mass is 31.1. The fourth-order valence-corrected chi connectivity index (χ4v) is 3.57. The van der Waals surface area contributed by atoms with Crippen LogP contribution in [0.3, 0.4) is 0 Å². The molecule has 0 atom stereocenters. The van der Waals surface area contributed by atoms with Crippen LogP contribution in [-0.4, -0.2) is 12.3 Å². The monoisotopic (exact) mass is 184 g/mol. The molecule has 0 aromatic carbocycles. The first-order valence-corrected chi connectivity index (χ1v) is 6.38. The SMILES string of the molecule is CCCP(CCC)c1ccco1. The van der Waals surface area contributed by atoms with Gasteiger partial charge in [0.25, 0.3) is 0 Å². The Kier molecular flexibility index (Phi) is 4.39. The molecule has 0 unspecified atom stereocenters. The molecular formula is C10H17OP. The lowest BCUT2D eigenvalue weighted by atomic mass is 10.6. The smallest absolute Gasteiger partial charge is 0.125 e. The van der Waals surface area contributed by atoms with Crippen LogP contribution >= 0.6 is 7.92 Å². The second kappa shape index (κ2) is 5.37. The normalized spacial score (nSPS) is 10.9. The highest BCUT2D eigenvalue weighted by molar-refractivity contribution is 7.65. The van der Waals surface area contributed by atoms with E-state index < -0.39 is 0 Å². The van der Waals surface area contributed by atoms with Gasteiger partial charge in [-0.1, -0.05) is 26.7 Å². The van der Waals surface area contributed by atoms with Gasteiger partial charge in [-0.2, -0.15) is 0 Å². The van der Waals surface area contributed by atoms with Crippen molar-refractivity contribution in [3.05, 3.63) is 18.4 Å². The average Bonchev–Trinajstić information content (AvgIpc) is 2.56. The van der Waals surface area contributed by atoms with E-state index in [1.807, 2.05) is 6.07 Å². The van der Waals surface area contributed by atoms with E-state index in [9.17, 15) is 0 Å². The standard InChI is InChI=1S/C10H17OP/c1-3-8-12(9-4-2)10-6-5-7-11-10/h5-7H,3-4,8-9H2,1-2H3. The second-order valence-corrected chi connectivity index (χ2v) is 5.35. The number of furan rings is 1. The van der Waals surface area contributed by atoms with Crippen LogP contribution in [-0.2, 0) is 0 Å². The molecule has 1 aromatic rings. The molecule has 1 aromatic heterocycles. The Hall–Kier alpha value is -0.290. The molecule has 0 aliphatic rings. The first-order valence-electron chi connectivity index (χ1n) is 4.67. The Balaban J connectivity index is 2.53. The molecule has 1 heterocycles. The van der Waals surface area contributed by atoms with E-state index in [0.717, 1.165) is 0 Å². The van der Waals surface area contributed by atoms with E-state index in [0.29, 0.717) is 0 Å². The molecule has 0 aliphatic carbocycles. The van der Waals surface area contributed by atoms with Gasteiger partial charge in [0.15, 0.2) is 0 Å². The maximum Gasteiger partial charge on any atom is 0.125 e. The minimum Gasteiger partial charge on any atom is -0.465 e. The Labute approximate surface area is 75.9 Å². The van der Waals surface area contributed by atoms with Crippen LogP contribution in [0.5, 0.6) is 0 Å². The summed E-state index contributed by atoms with van der Waals surface area (Å²) in [7, 11) is 0.0144. The van der Waals surface area contributed by atoms with Gasteiger partial charge in [0, 0.05) is 0 Å². The van der Waals surface area contributed by atoms with E-state index in [1.165, 1.54) is 30.7 Å². The van der Waals surface area contributed by atoms with Gasteiger partial charge in [0.1, 0.15) is 5.50 Å². The van der Waals surface area contributed by atoms with Crippen molar-refractivity contribution in [2.24, 2.45) is 0 Å². The summed E-state index contributed by atoms with van der Waals surface area (Å²) in [4.78, 5) is 0. The van der Waals surface area contributed by atoms with Gasteiger partial charge in [-0.15, -0.1) is 0 Å². The molecule has 0 N–H and O–H groups in total. The molecule has 0 bridgehead atoms. The van der Waals surface area contributed by atoms with E-state index in [2.05, 4.69) is 19.9 Å². The van der Waals surface area contributed by atoms with Gasteiger partial charge in [0.2, 0.25) is 0 Å². The predicted octanol–water partition coefficient (Wildman–Crippen LogP) is 3.21. The summed E-state index contributed by atoms with van der Waals surface area (Å²) < 4.78 is 5.43. The Morgan fingerprint density at radius 3 is 2.33 bits per heavy atom. The van der Waals surface area contributed by atoms with E-state index in [-0.39, 0.29) is 7.92 Å². The van der Waals surface area contributed by atoms with Crippen molar-refractivity contribution in [1.82, 2.24) is 0 Å². The van der Waals surface area contributed by atoms with Gasteiger partial charge in [-0.3, -0.25) is 0 Å². The van der Waals surface area contributed by atoms with Crippen LogP contribution in [0.4, 0.5) is 0 Å². The van der Waals surface area contributed by atoms with Gasteiger partial charge >= 0.3 is 0 Å². The minimum absolute atomic E-state index is 0.0144. The minimum atomic E-state index is 0.0144. The van der Waals surface area contributed by atoms with Crippen molar-refractivity contribution in [1.29, 1.82) is 0 Å². The first-order chi connectivity index (χ1) is 5.88. The van der Waals surface area contributed by atoms with Crippen molar-refractivity contribution in [2.45, 2.75) is 26.7 Å². The third-order valence-corrected chi connectivity index (χ3v) is 4.66. The van der Waals surface area contributed by atoms with Crippen LogP contribution in [0.1, 0.15) is 26.7 Å². The molecule has 0 aliphatic heterocycles. The van der Waals surface area contributed by atoms with Gasteiger partial charge in [-0.05, 0) is 32.4 Å². The molecular weight excluding hydrogens is 167 g/mol. The molecule has 2 heteroatoms. The third-order valence-electron chi connectivity index (χ3n) is 1.80. The molecule has 0 radical (unpaired) electrons. The van der Waals surface area contributed by atoms with E-state index >= 15 is 0 Å². The van der Waals surface area contributed by atoms with E-state index in [4.69, 9.17) is 4.42 Å². The van der Waals surface area contributed by atoms with Crippen molar-refractivity contribution in [3.8, 4) is 0 Å². The lowest BCUT2D eigenvalue weighted by molar-refractivity contribution is 0.601. The average molecular weight is 184 g/mol. The summed E-state index contributed by atoms with van der Waals surface area (Å²) in [6.45, 7) is 4.49. The molecule has 0 spiro atoms. The predicted molar refractivity (Wildman–Crippen MR) is 55.6 cm³/mol. The van der Waals surface area contributed by atoms with Gasteiger partial charge in [0.05, 0.1) is 6.26 Å². The number of hydrogen-bond acceptors (Lipinski definition) is 1. The fraction of sp³-hybridized carbons (Fsp3) is 0.600. The third kappa shape index (κ3) is 2.64. The van der Waals surface area contributed by atoms with E-state index in [1.54, 1.807) is 6.26 Å². The van der Waals surface area contributed by atoms with Gasteiger partial charge in [-0.25, -0.2) is 0 Å². The lowest BCUT2D eigenvalue weighted by Crippen LogP contribution is -2.02. The molecule has 12 heavy (non-hydrogen) atoms. The zero-order chi connectivity index (χ0) is 8.81. The molecule has 0 saturated heterocycles. The van der Waals surface area contributed by atoms with Crippen molar-refractivity contribution in [3.63, 3.8) is 0 Å². The van der Waals surface area contributed by atoms with Crippen LogP contribution in [0.25, 0.3) is 0 Å². The van der Waals surface area contributed by atoms with Crippen LogP contribution in [0.15, 0.2) is 22.8 Å². The molecule has 1 nitrogen and oxygen atoms in total. The summed E-state index contributed by atoms with van der Waals surface area (Å²) in [5.74, 6) is 0. The van der Waals surface area contributed by atoms with Crippen LogP contribution < -0.4 is 5.50 Å². The summed E-state index contributed by atoms with van der Waals surface area (Å²) >= 11 is 0. The maximum atomic E-state index is 5.43. The summed E-state index contributed by atoms with van der Waals surface area (Å²) in [5.41, 5.74) is 1.23. The summed E-state index contributed by atoms with van der Waals surface area (Å²) in [6.07, 6.45) is 6.96. The number of hydrogen-bond donors (Lipinski definition) is 0. The molecule has 0 fully saturated rings. The zero-order valence-corrected chi connectivity index (χ0v) is 8.81. The molecule has 1 rings (SSSR count). The second-order valence-electron chi connectivity index (χ2n) is 2.94. The number of rotatable bonds is 5. The Bertz CT molecular complexity index is 188. The maximum absolute atomic E-state index is 5.43. The zero-order valence-electron chi connectivity index (χ0n) is 7.92. The molecule has 0 amide bonds. The fourth-order valence-electron chi connectivity index (χ4n) is 1.32. The summed E-state index contributed by atoms with van der Waals surface area (Å²) in [6, 6.07) is 4.12. The highest BCUT2D eigenvalue weighted by Gasteiger charge is 2.10. The molecule has 0 saturated carbocycles. The Morgan fingerprint density at radius 2 is 1.92 bits per heavy atom. The summed E-state index contributed by atoms with van der Waals surface area (Å²) in [5, 5.41) is 0. The van der Waals surface area contributed by atoms with Crippen LogP contribution in [0, 0.1) is 0 Å². The Morgan fingerprint density at radius 1 is 1.25 bits per heavy atom. The van der Waals surface area contributed by atoms with Crippen LogP contribution in [0.2, 0.25) is 0 Å². The van der Waals surface area contributed by atoms with Gasteiger partial charge < -0.3 is 4.42 Å². The lowest BCUT2D eigenvalue weighted by Gasteiger charge is -2.11. The van der Waals surface area contributed by atoms with Crippen molar-refractivity contribution < 1.29 is 4.42 Å². The molecule has 68 valence electrons. The first kappa shape index (κ1) is 9.80. The highest BCUT2D eigenvalue weighted by Crippen LogP contribution is 2.35. The largest absolute Gasteiger partial charge is 0.465 e. The topological polar surface area (TPSA) is 13.1 Å².